The summed E-state index contributed by atoms with van der Waals surface area (Å²) in [6.45, 7) is 5.29. The van der Waals surface area contributed by atoms with Crippen molar-refractivity contribution in [3.8, 4) is 0 Å². The van der Waals surface area contributed by atoms with E-state index in [-0.39, 0.29) is 5.91 Å². The van der Waals surface area contributed by atoms with Crippen molar-refractivity contribution in [3.63, 3.8) is 0 Å². The summed E-state index contributed by atoms with van der Waals surface area (Å²) in [5.41, 5.74) is 0.0683. The maximum Gasteiger partial charge on any atom is 0.412 e. The van der Waals surface area contributed by atoms with Crippen molar-refractivity contribution in [1.82, 2.24) is 10.0 Å². The number of hydrogen-bond donors (Lipinski definition) is 1. The first-order chi connectivity index (χ1) is 9.23. The lowest BCUT2D eigenvalue weighted by atomic mass is 10.2. The van der Waals surface area contributed by atoms with E-state index in [1.54, 1.807) is 20.8 Å². The van der Waals surface area contributed by atoms with Gasteiger partial charge in [-0.1, -0.05) is 0 Å². The van der Waals surface area contributed by atoms with Gasteiger partial charge < -0.3 is 4.74 Å². The maximum absolute atomic E-state index is 11.9. The largest absolute Gasteiger partial charge is 0.444 e. The fourth-order valence-corrected chi connectivity index (χ4v) is 1.31. The first kappa shape index (κ1) is 15.9. The molecule has 0 unspecified atom stereocenters. The molecule has 7 heteroatoms. The number of pyridine rings is 1. The molecule has 0 saturated carbocycles. The van der Waals surface area contributed by atoms with E-state index < -0.39 is 11.7 Å². The number of carbonyl (C=O) groups excluding carboxylic acids is 2. The second-order valence-corrected chi connectivity index (χ2v) is 5.07. The Bertz CT molecular complexity index is 497. The van der Waals surface area contributed by atoms with Crippen LogP contribution in [0.3, 0.4) is 0 Å². The van der Waals surface area contributed by atoms with Gasteiger partial charge in [-0.2, -0.15) is 0 Å². The van der Waals surface area contributed by atoms with Crippen molar-refractivity contribution in [2.24, 2.45) is 0 Å². The summed E-state index contributed by atoms with van der Waals surface area (Å²) in [6, 6.07) is 1.49. The van der Waals surface area contributed by atoms with E-state index in [1.165, 1.54) is 32.6 Å². The van der Waals surface area contributed by atoms with E-state index in [4.69, 9.17) is 9.57 Å². The van der Waals surface area contributed by atoms with Crippen molar-refractivity contribution in [2.75, 3.05) is 19.5 Å². The zero-order valence-corrected chi connectivity index (χ0v) is 12.3. The topological polar surface area (TPSA) is 80.8 Å². The Kier molecular flexibility index (Phi) is 5.04. The summed E-state index contributed by atoms with van der Waals surface area (Å²) >= 11 is 0. The lowest BCUT2D eigenvalue weighted by molar-refractivity contribution is -0.0757. The highest BCUT2D eigenvalue weighted by Gasteiger charge is 2.17. The number of ether oxygens (including phenoxy) is 1. The summed E-state index contributed by atoms with van der Waals surface area (Å²) in [5.74, 6) is -0.368. The highest BCUT2D eigenvalue weighted by atomic mass is 16.7. The molecule has 0 aliphatic carbocycles. The van der Waals surface area contributed by atoms with Gasteiger partial charge in [0.05, 0.1) is 24.6 Å². The third-order valence-corrected chi connectivity index (χ3v) is 2.19. The Morgan fingerprint density at radius 2 is 1.95 bits per heavy atom. The van der Waals surface area contributed by atoms with Crippen molar-refractivity contribution >= 4 is 17.7 Å². The van der Waals surface area contributed by atoms with Gasteiger partial charge in [-0.25, -0.2) is 9.86 Å². The molecule has 0 bridgehead atoms. The second kappa shape index (κ2) is 6.33. The Balaban J connectivity index is 2.79. The van der Waals surface area contributed by atoms with Crippen LogP contribution in [0.25, 0.3) is 0 Å². The predicted molar refractivity (Wildman–Crippen MR) is 73.2 cm³/mol. The van der Waals surface area contributed by atoms with Gasteiger partial charge in [0.15, 0.2) is 0 Å². The van der Waals surface area contributed by atoms with Crippen LogP contribution in [-0.2, 0) is 9.57 Å². The Hall–Kier alpha value is -2.15. The lowest BCUT2D eigenvalue weighted by Crippen LogP contribution is -2.28. The summed E-state index contributed by atoms with van der Waals surface area (Å²) in [7, 11) is 2.87. The van der Waals surface area contributed by atoms with Crippen molar-refractivity contribution in [2.45, 2.75) is 26.4 Å². The zero-order valence-electron chi connectivity index (χ0n) is 12.3. The summed E-state index contributed by atoms with van der Waals surface area (Å²) in [5, 5.41) is 3.58. The van der Waals surface area contributed by atoms with E-state index in [0.29, 0.717) is 11.3 Å². The van der Waals surface area contributed by atoms with Crippen LogP contribution in [0.15, 0.2) is 18.5 Å². The van der Waals surface area contributed by atoms with Crippen LogP contribution in [0.5, 0.6) is 0 Å². The third-order valence-electron chi connectivity index (χ3n) is 2.19. The van der Waals surface area contributed by atoms with Gasteiger partial charge in [0.1, 0.15) is 5.60 Å². The number of hydroxylamine groups is 2. The average molecular weight is 281 g/mol. The number of carbonyl (C=O) groups is 2. The molecule has 1 N–H and O–H groups in total. The molecule has 20 heavy (non-hydrogen) atoms. The lowest BCUT2D eigenvalue weighted by Gasteiger charge is -2.19. The highest BCUT2D eigenvalue weighted by Crippen LogP contribution is 2.13. The number of nitrogens with zero attached hydrogens (tertiary/aromatic N) is 2. The number of anilines is 1. The minimum Gasteiger partial charge on any atom is -0.444 e. The van der Waals surface area contributed by atoms with Gasteiger partial charge in [0.2, 0.25) is 0 Å². The van der Waals surface area contributed by atoms with Crippen molar-refractivity contribution in [3.05, 3.63) is 24.0 Å². The molecular weight excluding hydrogens is 262 g/mol. The van der Waals surface area contributed by atoms with Gasteiger partial charge in [0.25, 0.3) is 5.91 Å². The van der Waals surface area contributed by atoms with Crippen LogP contribution >= 0.6 is 0 Å². The number of hydrogen-bond acceptors (Lipinski definition) is 5. The van der Waals surface area contributed by atoms with E-state index >= 15 is 0 Å². The normalized spacial score (nSPS) is 10.8. The second-order valence-electron chi connectivity index (χ2n) is 5.07. The fraction of sp³-hybridized carbons (Fsp3) is 0.462. The number of aromatic nitrogens is 1. The molecule has 0 spiro atoms. The molecular formula is C13H19N3O4. The molecule has 1 heterocycles. The summed E-state index contributed by atoms with van der Waals surface area (Å²) in [6.07, 6.45) is 2.20. The van der Waals surface area contributed by atoms with E-state index in [9.17, 15) is 9.59 Å². The molecule has 0 fully saturated rings. The Labute approximate surface area is 117 Å². The highest BCUT2D eigenvalue weighted by molar-refractivity contribution is 5.95. The first-order valence-corrected chi connectivity index (χ1v) is 6.00. The molecule has 0 saturated heterocycles. The van der Waals surface area contributed by atoms with Crippen molar-refractivity contribution < 1.29 is 19.2 Å². The average Bonchev–Trinajstić information content (AvgIpc) is 2.34. The number of nitrogens with one attached hydrogen (secondary N) is 1. The minimum atomic E-state index is -0.607. The van der Waals surface area contributed by atoms with Crippen LogP contribution in [0.4, 0.5) is 10.5 Å². The monoisotopic (exact) mass is 281 g/mol. The Morgan fingerprint density at radius 1 is 1.30 bits per heavy atom. The Morgan fingerprint density at radius 3 is 2.50 bits per heavy atom. The van der Waals surface area contributed by atoms with Crippen molar-refractivity contribution in [1.29, 1.82) is 0 Å². The quantitative estimate of drug-likeness (QED) is 0.858. The SMILES string of the molecule is CON(C)C(=O)c1cncc(NC(=O)OC(C)(C)C)c1. The first-order valence-electron chi connectivity index (χ1n) is 6.00. The van der Waals surface area contributed by atoms with Gasteiger partial charge in [-0.3, -0.25) is 19.9 Å². The van der Waals surface area contributed by atoms with Gasteiger partial charge in [-0.05, 0) is 26.8 Å². The van der Waals surface area contributed by atoms with Crippen LogP contribution in [0.1, 0.15) is 31.1 Å². The molecule has 1 rings (SSSR count). The zero-order chi connectivity index (χ0) is 15.3. The molecule has 0 aliphatic rings. The van der Waals surface area contributed by atoms with Gasteiger partial charge >= 0.3 is 6.09 Å². The molecule has 110 valence electrons. The van der Waals surface area contributed by atoms with Crippen LogP contribution < -0.4 is 5.32 Å². The van der Waals surface area contributed by atoms with E-state index in [0.717, 1.165) is 5.06 Å². The standard InChI is InChI=1S/C13H19N3O4/c1-13(2,3)20-12(18)15-10-6-9(7-14-8-10)11(17)16(4)19-5/h6-8H,1-5H3,(H,15,18). The predicted octanol–water partition coefficient (Wildman–Crippen LogP) is 2.06. The molecule has 1 aromatic heterocycles. The smallest absolute Gasteiger partial charge is 0.412 e. The van der Waals surface area contributed by atoms with Crippen LogP contribution in [-0.4, -0.2) is 41.8 Å². The van der Waals surface area contributed by atoms with Gasteiger partial charge in [0, 0.05) is 13.2 Å². The third kappa shape index (κ3) is 4.85. The molecule has 1 aromatic rings. The molecule has 7 nitrogen and oxygen atoms in total. The molecule has 0 aliphatic heterocycles. The van der Waals surface area contributed by atoms with E-state index in [2.05, 4.69) is 10.3 Å². The fourth-order valence-electron chi connectivity index (χ4n) is 1.31. The number of amides is 2. The summed E-state index contributed by atoms with van der Waals surface area (Å²) < 4.78 is 5.11. The van der Waals surface area contributed by atoms with Crippen LogP contribution in [0, 0.1) is 0 Å². The molecule has 0 radical (unpaired) electrons. The maximum atomic E-state index is 11.9. The minimum absolute atomic E-state index is 0.294. The molecule has 0 atom stereocenters. The number of rotatable bonds is 3. The van der Waals surface area contributed by atoms with Crippen LogP contribution in [0.2, 0.25) is 0 Å². The van der Waals surface area contributed by atoms with Gasteiger partial charge in [-0.15, -0.1) is 0 Å². The summed E-state index contributed by atoms with van der Waals surface area (Å²) in [4.78, 5) is 32.2. The molecule has 2 amide bonds. The molecule has 0 aromatic carbocycles. The van der Waals surface area contributed by atoms with E-state index in [1.807, 2.05) is 0 Å².